The van der Waals surface area contributed by atoms with Crippen molar-refractivity contribution in [3.05, 3.63) is 33.1 Å². The standard InChI is InChI=1S/C9H11FIN/c1-6(12-2)7-3-4-8(10)9(11)5-7/h3-6,12H,1-2H3/t6-/m0/s1. The van der Waals surface area contributed by atoms with Crippen molar-refractivity contribution in [2.45, 2.75) is 13.0 Å². The van der Waals surface area contributed by atoms with Crippen molar-refractivity contribution in [1.29, 1.82) is 0 Å². The molecule has 1 nitrogen and oxygen atoms in total. The van der Waals surface area contributed by atoms with Crippen LogP contribution in [0.4, 0.5) is 4.39 Å². The van der Waals surface area contributed by atoms with E-state index in [9.17, 15) is 4.39 Å². The Bertz CT molecular complexity index is 275. The first kappa shape index (κ1) is 9.92. The van der Waals surface area contributed by atoms with Crippen LogP contribution in [-0.4, -0.2) is 7.05 Å². The Morgan fingerprint density at radius 3 is 2.67 bits per heavy atom. The first-order valence-electron chi connectivity index (χ1n) is 3.77. The maximum atomic E-state index is 12.8. The van der Waals surface area contributed by atoms with Crippen LogP contribution in [0.15, 0.2) is 18.2 Å². The summed E-state index contributed by atoms with van der Waals surface area (Å²) in [6.07, 6.45) is 0. The predicted molar refractivity (Wildman–Crippen MR) is 56.6 cm³/mol. The van der Waals surface area contributed by atoms with Crippen LogP contribution in [0.2, 0.25) is 0 Å². The van der Waals surface area contributed by atoms with Gasteiger partial charge in [0.15, 0.2) is 0 Å². The summed E-state index contributed by atoms with van der Waals surface area (Å²) in [7, 11) is 1.89. The molecule has 0 spiro atoms. The van der Waals surface area contributed by atoms with Gasteiger partial charge in [-0.05, 0) is 54.3 Å². The summed E-state index contributed by atoms with van der Waals surface area (Å²) in [5.41, 5.74) is 1.11. The molecule has 0 bridgehead atoms. The van der Waals surface area contributed by atoms with Crippen LogP contribution in [0.5, 0.6) is 0 Å². The van der Waals surface area contributed by atoms with Crippen molar-refractivity contribution in [1.82, 2.24) is 5.32 Å². The third-order valence-corrected chi connectivity index (χ3v) is 2.70. The molecule has 0 aliphatic heterocycles. The number of halogens is 2. The highest BCUT2D eigenvalue weighted by Crippen LogP contribution is 2.17. The summed E-state index contributed by atoms with van der Waals surface area (Å²) in [6.45, 7) is 2.04. The van der Waals surface area contributed by atoms with Crippen LogP contribution in [0.25, 0.3) is 0 Å². The molecule has 1 aromatic carbocycles. The third kappa shape index (κ3) is 2.17. The van der Waals surface area contributed by atoms with E-state index in [-0.39, 0.29) is 11.9 Å². The lowest BCUT2D eigenvalue weighted by Crippen LogP contribution is -2.12. The van der Waals surface area contributed by atoms with E-state index in [1.54, 1.807) is 6.07 Å². The van der Waals surface area contributed by atoms with Gasteiger partial charge in [-0.1, -0.05) is 6.07 Å². The van der Waals surface area contributed by atoms with Gasteiger partial charge >= 0.3 is 0 Å². The zero-order valence-corrected chi connectivity index (χ0v) is 9.22. The molecule has 1 aromatic rings. The van der Waals surface area contributed by atoms with Crippen molar-refractivity contribution in [3.8, 4) is 0 Å². The molecular formula is C9H11FIN. The average Bonchev–Trinajstić information content (AvgIpc) is 2.08. The van der Waals surface area contributed by atoms with E-state index in [1.165, 1.54) is 6.07 Å². The summed E-state index contributed by atoms with van der Waals surface area (Å²) in [5.74, 6) is -0.150. The van der Waals surface area contributed by atoms with Crippen molar-refractivity contribution >= 4 is 22.6 Å². The molecular weight excluding hydrogens is 268 g/mol. The highest BCUT2D eigenvalue weighted by Gasteiger charge is 2.04. The lowest BCUT2D eigenvalue weighted by Gasteiger charge is -2.10. The van der Waals surface area contributed by atoms with Gasteiger partial charge in [-0.25, -0.2) is 4.39 Å². The van der Waals surface area contributed by atoms with Gasteiger partial charge in [-0.15, -0.1) is 0 Å². The van der Waals surface area contributed by atoms with E-state index in [0.29, 0.717) is 3.57 Å². The fraction of sp³-hybridized carbons (Fsp3) is 0.333. The molecule has 1 rings (SSSR count). The first-order chi connectivity index (χ1) is 5.65. The fourth-order valence-electron chi connectivity index (χ4n) is 0.948. The van der Waals surface area contributed by atoms with Crippen LogP contribution >= 0.6 is 22.6 Å². The Kier molecular flexibility index (Phi) is 3.46. The lowest BCUT2D eigenvalue weighted by molar-refractivity contribution is 0.611. The maximum absolute atomic E-state index is 12.8. The second-order valence-corrected chi connectivity index (χ2v) is 3.85. The minimum absolute atomic E-state index is 0.150. The van der Waals surface area contributed by atoms with Gasteiger partial charge < -0.3 is 5.32 Å². The SMILES string of the molecule is CN[C@@H](C)c1ccc(F)c(I)c1. The Labute approximate surface area is 85.5 Å². The van der Waals surface area contributed by atoms with E-state index in [2.05, 4.69) is 5.32 Å². The monoisotopic (exact) mass is 279 g/mol. The summed E-state index contributed by atoms with van der Waals surface area (Å²) in [4.78, 5) is 0. The highest BCUT2D eigenvalue weighted by atomic mass is 127. The Morgan fingerprint density at radius 1 is 1.50 bits per heavy atom. The van der Waals surface area contributed by atoms with E-state index >= 15 is 0 Å². The molecule has 0 aliphatic carbocycles. The topological polar surface area (TPSA) is 12.0 Å². The van der Waals surface area contributed by atoms with E-state index in [0.717, 1.165) is 5.56 Å². The van der Waals surface area contributed by atoms with Crippen LogP contribution in [-0.2, 0) is 0 Å². The second-order valence-electron chi connectivity index (χ2n) is 2.68. The third-order valence-electron chi connectivity index (χ3n) is 1.88. The molecule has 0 radical (unpaired) electrons. The molecule has 12 heavy (non-hydrogen) atoms. The van der Waals surface area contributed by atoms with Gasteiger partial charge in [-0.2, -0.15) is 0 Å². The Morgan fingerprint density at radius 2 is 2.17 bits per heavy atom. The second kappa shape index (κ2) is 4.18. The highest BCUT2D eigenvalue weighted by molar-refractivity contribution is 14.1. The molecule has 0 aliphatic rings. The lowest BCUT2D eigenvalue weighted by atomic mass is 10.1. The fourth-order valence-corrected chi connectivity index (χ4v) is 1.49. The molecule has 66 valence electrons. The van der Waals surface area contributed by atoms with E-state index in [4.69, 9.17) is 0 Å². The molecule has 1 N–H and O–H groups in total. The van der Waals surface area contributed by atoms with Crippen LogP contribution in [0.3, 0.4) is 0 Å². The van der Waals surface area contributed by atoms with E-state index < -0.39 is 0 Å². The van der Waals surface area contributed by atoms with Gasteiger partial charge in [0.2, 0.25) is 0 Å². The molecule has 3 heteroatoms. The number of hydrogen-bond donors (Lipinski definition) is 1. The van der Waals surface area contributed by atoms with Crippen LogP contribution in [0, 0.1) is 9.39 Å². The van der Waals surface area contributed by atoms with Gasteiger partial charge in [-0.3, -0.25) is 0 Å². The van der Waals surface area contributed by atoms with Crippen molar-refractivity contribution in [2.75, 3.05) is 7.05 Å². The van der Waals surface area contributed by atoms with Crippen LogP contribution < -0.4 is 5.32 Å². The van der Waals surface area contributed by atoms with Crippen molar-refractivity contribution < 1.29 is 4.39 Å². The maximum Gasteiger partial charge on any atom is 0.136 e. The number of nitrogens with one attached hydrogen (secondary N) is 1. The zero-order chi connectivity index (χ0) is 9.14. The van der Waals surface area contributed by atoms with Crippen LogP contribution in [0.1, 0.15) is 18.5 Å². The van der Waals surface area contributed by atoms with Gasteiger partial charge in [0.05, 0.1) is 0 Å². The number of hydrogen-bond acceptors (Lipinski definition) is 1. The zero-order valence-electron chi connectivity index (χ0n) is 7.07. The average molecular weight is 279 g/mol. The molecule has 0 fully saturated rings. The molecule has 0 saturated heterocycles. The molecule has 0 saturated carbocycles. The largest absolute Gasteiger partial charge is 0.313 e. The normalized spacial score (nSPS) is 13.0. The summed E-state index contributed by atoms with van der Waals surface area (Å²) < 4.78 is 13.5. The molecule has 1 atom stereocenters. The van der Waals surface area contributed by atoms with Gasteiger partial charge in [0, 0.05) is 9.61 Å². The smallest absolute Gasteiger partial charge is 0.136 e. The predicted octanol–water partition coefficient (Wildman–Crippen LogP) is 2.71. The summed E-state index contributed by atoms with van der Waals surface area (Å²) >= 11 is 2.00. The molecule has 0 amide bonds. The Hall–Kier alpha value is -0.160. The Balaban J connectivity index is 2.96. The van der Waals surface area contributed by atoms with Crippen molar-refractivity contribution in [2.24, 2.45) is 0 Å². The number of rotatable bonds is 2. The minimum atomic E-state index is -0.150. The van der Waals surface area contributed by atoms with E-state index in [1.807, 2.05) is 42.6 Å². The first-order valence-corrected chi connectivity index (χ1v) is 4.85. The van der Waals surface area contributed by atoms with Gasteiger partial charge in [0.1, 0.15) is 5.82 Å². The van der Waals surface area contributed by atoms with Gasteiger partial charge in [0.25, 0.3) is 0 Å². The van der Waals surface area contributed by atoms with Crippen molar-refractivity contribution in [3.63, 3.8) is 0 Å². The summed E-state index contributed by atoms with van der Waals surface area (Å²) in [6, 6.07) is 5.44. The molecule has 0 aromatic heterocycles. The molecule has 0 heterocycles. The molecule has 0 unspecified atom stereocenters. The minimum Gasteiger partial charge on any atom is -0.313 e. The summed E-state index contributed by atoms with van der Waals surface area (Å²) in [5, 5.41) is 3.10. The number of benzene rings is 1. The quantitative estimate of drug-likeness (QED) is 0.821.